The number of hydrogen-bond donors (Lipinski definition) is 0. The molecular formula is C18H22O9P+. The highest BCUT2D eigenvalue weighted by Gasteiger charge is 2.28. The van der Waals surface area contributed by atoms with Crippen LogP contribution in [0.2, 0.25) is 0 Å². The molecule has 0 saturated heterocycles. The van der Waals surface area contributed by atoms with E-state index in [0.29, 0.717) is 34.5 Å². The van der Waals surface area contributed by atoms with Gasteiger partial charge < -0.3 is 28.4 Å². The molecule has 9 nitrogen and oxygen atoms in total. The van der Waals surface area contributed by atoms with E-state index < -0.39 is 8.25 Å². The zero-order valence-electron chi connectivity index (χ0n) is 16.4. The van der Waals surface area contributed by atoms with Crippen LogP contribution in [0.4, 0.5) is 0 Å². The van der Waals surface area contributed by atoms with E-state index in [4.69, 9.17) is 37.5 Å². The summed E-state index contributed by atoms with van der Waals surface area (Å²) in [5, 5.41) is 0. The van der Waals surface area contributed by atoms with Crippen LogP contribution in [-0.4, -0.2) is 42.7 Å². The van der Waals surface area contributed by atoms with Crippen LogP contribution in [0.3, 0.4) is 0 Å². The summed E-state index contributed by atoms with van der Waals surface area (Å²) in [6.07, 6.45) is 0. The molecule has 0 saturated carbocycles. The fourth-order valence-corrected chi connectivity index (χ4v) is 3.00. The first kappa shape index (κ1) is 21.2. The maximum absolute atomic E-state index is 12.4. The van der Waals surface area contributed by atoms with Crippen molar-refractivity contribution in [3.63, 3.8) is 0 Å². The van der Waals surface area contributed by atoms with Crippen molar-refractivity contribution >= 4 is 8.25 Å². The molecule has 0 heterocycles. The average molecular weight is 413 g/mol. The SMILES string of the molecule is COc1cc(O[P+](=O)Oc2cc(OC)c(OC)c(OC)c2)cc(OC)c1OC. The first-order valence-electron chi connectivity index (χ1n) is 7.94. The molecule has 152 valence electrons. The summed E-state index contributed by atoms with van der Waals surface area (Å²) < 4.78 is 54.5. The second-order valence-corrected chi connectivity index (χ2v) is 5.94. The molecule has 0 spiro atoms. The third-order valence-electron chi connectivity index (χ3n) is 3.64. The van der Waals surface area contributed by atoms with E-state index in [0.717, 1.165) is 0 Å². The van der Waals surface area contributed by atoms with Gasteiger partial charge in [-0.15, -0.1) is 0 Å². The molecule has 0 unspecified atom stereocenters. The molecule has 0 amide bonds. The fourth-order valence-electron chi connectivity index (χ4n) is 2.41. The molecular weight excluding hydrogens is 391 g/mol. The molecule has 2 aromatic carbocycles. The number of benzene rings is 2. The van der Waals surface area contributed by atoms with Crippen LogP contribution in [0.15, 0.2) is 24.3 Å². The maximum atomic E-state index is 12.4. The quantitative estimate of drug-likeness (QED) is 0.539. The Kier molecular flexibility index (Phi) is 7.40. The second-order valence-electron chi connectivity index (χ2n) is 5.13. The first-order valence-corrected chi connectivity index (χ1v) is 9.04. The molecule has 0 aromatic heterocycles. The minimum Gasteiger partial charge on any atom is -0.493 e. The van der Waals surface area contributed by atoms with Crippen molar-refractivity contribution in [2.24, 2.45) is 0 Å². The second kappa shape index (κ2) is 9.75. The van der Waals surface area contributed by atoms with E-state index in [2.05, 4.69) is 0 Å². The minimum absolute atomic E-state index is 0.211. The third kappa shape index (κ3) is 4.61. The largest absolute Gasteiger partial charge is 0.805 e. The number of ether oxygens (including phenoxy) is 6. The van der Waals surface area contributed by atoms with Gasteiger partial charge in [0.15, 0.2) is 34.5 Å². The van der Waals surface area contributed by atoms with Crippen LogP contribution in [0, 0.1) is 0 Å². The topological polar surface area (TPSA) is 90.9 Å². The summed E-state index contributed by atoms with van der Waals surface area (Å²) in [5.41, 5.74) is 0. The molecule has 10 heteroatoms. The smallest absolute Gasteiger partial charge is 0.493 e. The third-order valence-corrected chi connectivity index (χ3v) is 4.36. The van der Waals surface area contributed by atoms with Crippen molar-refractivity contribution in [3.8, 4) is 46.0 Å². The average Bonchev–Trinajstić information content (AvgIpc) is 2.71. The maximum Gasteiger partial charge on any atom is 0.805 e. The predicted octanol–water partition coefficient (Wildman–Crippen LogP) is 3.85. The highest BCUT2D eigenvalue weighted by molar-refractivity contribution is 7.34. The Bertz CT molecular complexity index is 720. The summed E-state index contributed by atoms with van der Waals surface area (Å²) >= 11 is 0. The highest BCUT2D eigenvalue weighted by atomic mass is 31.1. The lowest BCUT2D eigenvalue weighted by Crippen LogP contribution is -1.98. The molecule has 0 atom stereocenters. The van der Waals surface area contributed by atoms with Gasteiger partial charge in [-0.1, -0.05) is 0 Å². The van der Waals surface area contributed by atoms with E-state index in [1.54, 1.807) is 0 Å². The van der Waals surface area contributed by atoms with Crippen molar-refractivity contribution in [3.05, 3.63) is 24.3 Å². The molecule has 2 aromatic rings. The van der Waals surface area contributed by atoms with Crippen molar-refractivity contribution in [2.75, 3.05) is 42.7 Å². The van der Waals surface area contributed by atoms with Crippen molar-refractivity contribution in [1.29, 1.82) is 0 Å². The zero-order chi connectivity index (χ0) is 20.7. The molecule has 0 fully saturated rings. The Labute approximate surface area is 163 Å². The van der Waals surface area contributed by atoms with Crippen LogP contribution in [0.1, 0.15) is 0 Å². The van der Waals surface area contributed by atoms with Gasteiger partial charge in [-0.25, -0.2) is 9.05 Å². The fraction of sp³-hybridized carbons (Fsp3) is 0.333. The summed E-state index contributed by atoms with van der Waals surface area (Å²) in [5.74, 6) is 2.62. The van der Waals surface area contributed by atoms with Gasteiger partial charge in [-0.3, -0.25) is 0 Å². The van der Waals surface area contributed by atoms with Crippen LogP contribution in [-0.2, 0) is 4.57 Å². The summed E-state index contributed by atoms with van der Waals surface area (Å²) in [6, 6.07) is 6.03. The zero-order valence-corrected chi connectivity index (χ0v) is 17.3. The lowest BCUT2D eigenvalue weighted by molar-refractivity contribution is 0.320. The standard InChI is InChI=1S/C18H22O9P/c1-20-13-7-11(8-14(21-2)17(13)24-5)26-28(19)27-12-9-15(22-3)18(25-6)16(10-12)23-4/h7-10H,1-6H3/q+1. The lowest BCUT2D eigenvalue weighted by Gasteiger charge is -2.12. The molecule has 0 aliphatic heterocycles. The molecule has 0 radical (unpaired) electrons. The highest BCUT2D eigenvalue weighted by Crippen LogP contribution is 2.45. The minimum atomic E-state index is -2.58. The molecule has 0 aliphatic carbocycles. The van der Waals surface area contributed by atoms with E-state index in [1.165, 1.54) is 66.9 Å². The monoisotopic (exact) mass is 413 g/mol. The molecule has 0 bridgehead atoms. The van der Waals surface area contributed by atoms with Crippen molar-refractivity contribution in [1.82, 2.24) is 0 Å². The van der Waals surface area contributed by atoms with Gasteiger partial charge in [0.1, 0.15) is 0 Å². The molecule has 28 heavy (non-hydrogen) atoms. The Balaban J connectivity index is 2.25. The molecule has 0 aliphatic rings. The van der Waals surface area contributed by atoms with Gasteiger partial charge in [-0.05, 0) is 0 Å². The lowest BCUT2D eigenvalue weighted by atomic mass is 10.2. The van der Waals surface area contributed by atoms with E-state index in [9.17, 15) is 4.57 Å². The Hall–Kier alpha value is -3.06. The Morgan fingerprint density at radius 3 is 1.04 bits per heavy atom. The summed E-state index contributed by atoms with van der Waals surface area (Å²) in [7, 11) is 6.24. The number of rotatable bonds is 10. The van der Waals surface area contributed by atoms with Crippen LogP contribution in [0.25, 0.3) is 0 Å². The molecule has 0 N–H and O–H groups in total. The Morgan fingerprint density at radius 1 is 0.536 bits per heavy atom. The predicted molar refractivity (Wildman–Crippen MR) is 101 cm³/mol. The van der Waals surface area contributed by atoms with E-state index in [1.807, 2.05) is 0 Å². The summed E-state index contributed by atoms with van der Waals surface area (Å²) in [4.78, 5) is 0. The van der Waals surface area contributed by atoms with Gasteiger partial charge in [0.2, 0.25) is 11.5 Å². The normalized spacial score (nSPS) is 9.93. The van der Waals surface area contributed by atoms with Gasteiger partial charge in [0.25, 0.3) is 0 Å². The van der Waals surface area contributed by atoms with E-state index in [-0.39, 0.29) is 11.5 Å². The van der Waals surface area contributed by atoms with Gasteiger partial charge >= 0.3 is 8.25 Å². The van der Waals surface area contributed by atoms with Crippen LogP contribution < -0.4 is 37.5 Å². The van der Waals surface area contributed by atoms with Crippen LogP contribution in [0.5, 0.6) is 46.0 Å². The number of hydrogen-bond acceptors (Lipinski definition) is 9. The van der Waals surface area contributed by atoms with Gasteiger partial charge in [0.05, 0.1) is 42.7 Å². The molecule has 2 rings (SSSR count). The number of methoxy groups -OCH3 is 6. The van der Waals surface area contributed by atoms with Gasteiger partial charge in [-0.2, -0.15) is 0 Å². The first-order chi connectivity index (χ1) is 13.5. The van der Waals surface area contributed by atoms with Crippen LogP contribution >= 0.6 is 8.25 Å². The van der Waals surface area contributed by atoms with E-state index >= 15 is 0 Å². The van der Waals surface area contributed by atoms with Gasteiger partial charge in [0, 0.05) is 28.8 Å². The van der Waals surface area contributed by atoms with Crippen molar-refractivity contribution < 1.29 is 42.0 Å². The van der Waals surface area contributed by atoms with Crippen molar-refractivity contribution in [2.45, 2.75) is 0 Å². The Morgan fingerprint density at radius 2 is 0.821 bits per heavy atom. The summed E-state index contributed by atoms with van der Waals surface area (Å²) in [6.45, 7) is 0.